The lowest BCUT2D eigenvalue weighted by molar-refractivity contribution is -0.109. The minimum Gasteiger partial charge on any atom is -0.390 e. The average Bonchev–Trinajstić information content (AvgIpc) is 2.50. The summed E-state index contributed by atoms with van der Waals surface area (Å²) >= 11 is 1.19. The number of aryl methyl sites for hydroxylation is 1. The summed E-state index contributed by atoms with van der Waals surface area (Å²) < 4.78 is 0. The summed E-state index contributed by atoms with van der Waals surface area (Å²) in [5.74, 6) is 0.524. The summed E-state index contributed by atoms with van der Waals surface area (Å²) in [5.41, 5.74) is 4.69. The van der Waals surface area contributed by atoms with E-state index in [1.807, 2.05) is 6.92 Å². The lowest BCUT2D eigenvalue weighted by Gasteiger charge is -2.42. The summed E-state index contributed by atoms with van der Waals surface area (Å²) in [5, 5.41) is 21.1. The average molecular weight is 365 g/mol. The van der Waals surface area contributed by atoms with Crippen LogP contribution in [0, 0.1) is 6.92 Å². The van der Waals surface area contributed by atoms with Gasteiger partial charge < -0.3 is 10.2 Å². The van der Waals surface area contributed by atoms with Crippen LogP contribution in [-0.2, 0) is 15.6 Å². The largest absolute Gasteiger partial charge is 0.390 e. The van der Waals surface area contributed by atoms with E-state index in [1.165, 1.54) is 29.8 Å². The molecule has 0 radical (unpaired) electrons. The number of fused-ring (bicyclic) bond motifs is 1. The Hall–Kier alpha value is -0.840. The molecule has 2 atom stereocenters. The van der Waals surface area contributed by atoms with Crippen molar-refractivity contribution in [2.24, 2.45) is 0 Å². The number of aliphatic hydroxyl groups excluding tert-OH is 2. The first-order valence-electron chi connectivity index (χ1n) is 9.11. The zero-order valence-corrected chi connectivity index (χ0v) is 17.2. The highest BCUT2D eigenvalue weighted by Gasteiger charge is 2.38. The Kier molecular flexibility index (Phi) is 6.07. The number of carbonyl (C=O) groups is 1. The molecule has 0 aliphatic heterocycles. The Morgan fingerprint density at radius 2 is 1.64 bits per heavy atom. The van der Waals surface area contributed by atoms with Crippen molar-refractivity contribution < 1.29 is 15.0 Å². The second kappa shape index (κ2) is 7.42. The van der Waals surface area contributed by atoms with E-state index < -0.39 is 12.2 Å². The Bertz CT molecular complexity index is 649. The first-order chi connectivity index (χ1) is 11.5. The van der Waals surface area contributed by atoms with E-state index in [0.29, 0.717) is 12.2 Å². The van der Waals surface area contributed by atoms with E-state index in [0.717, 1.165) is 24.0 Å². The molecular weight excluding hydrogens is 332 g/mol. The van der Waals surface area contributed by atoms with Gasteiger partial charge in [0.15, 0.2) is 5.12 Å². The van der Waals surface area contributed by atoms with Crippen LogP contribution in [0.5, 0.6) is 0 Å². The summed E-state index contributed by atoms with van der Waals surface area (Å²) in [7, 11) is 0. The second-order valence-electron chi connectivity index (χ2n) is 8.66. The number of aliphatic hydroxyl groups is 2. The fourth-order valence-electron chi connectivity index (χ4n) is 3.75. The van der Waals surface area contributed by atoms with Crippen molar-refractivity contribution in [3.05, 3.63) is 34.4 Å². The maximum atomic E-state index is 11.0. The van der Waals surface area contributed by atoms with Crippen LogP contribution in [0.3, 0.4) is 0 Å². The number of carbonyl (C=O) groups excluding carboxylic acids is 1. The SMILES string of the molecule is CC(=O)SCCC(O)C(O)c1cc2c(cc1C)C(C)(C)CCC2(C)C. The van der Waals surface area contributed by atoms with Crippen molar-refractivity contribution in [1.29, 1.82) is 0 Å². The molecule has 0 amide bonds. The molecule has 3 nitrogen and oxygen atoms in total. The lowest BCUT2D eigenvalue weighted by Crippen LogP contribution is -2.34. The van der Waals surface area contributed by atoms with Crippen molar-refractivity contribution in [3.63, 3.8) is 0 Å². The van der Waals surface area contributed by atoms with E-state index in [9.17, 15) is 15.0 Å². The number of rotatable bonds is 5. The topological polar surface area (TPSA) is 57.5 Å². The lowest BCUT2D eigenvalue weighted by atomic mass is 9.62. The molecule has 2 unspecified atom stereocenters. The molecule has 25 heavy (non-hydrogen) atoms. The standard InChI is InChI=1S/C21H32O3S/c1-13-11-16-17(21(5,6)9-8-20(16,3)4)12-15(13)19(24)18(23)7-10-25-14(2)22/h11-12,18-19,23-24H,7-10H2,1-6H3. The molecule has 4 heteroatoms. The van der Waals surface area contributed by atoms with Crippen molar-refractivity contribution in [1.82, 2.24) is 0 Å². The van der Waals surface area contributed by atoms with Gasteiger partial charge in [-0.2, -0.15) is 0 Å². The van der Waals surface area contributed by atoms with Crippen LogP contribution in [0.4, 0.5) is 0 Å². The molecular formula is C21H32O3S. The van der Waals surface area contributed by atoms with Gasteiger partial charge in [0.1, 0.15) is 6.10 Å². The highest BCUT2D eigenvalue weighted by molar-refractivity contribution is 8.13. The molecule has 0 saturated carbocycles. The van der Waals surface area contributed by atoms with E-state index in [-0.39, 0.29) is 15.9 Å². The third-order valence-corrected chi connectivity index (χ3v) is 6.49. The second-order valence-corrected chi connectivity index (χ2v) is 9.93. The van der Waals surface area contributed by atoms with Gasteiger partial charge in [0, 0.05) is 12.7 Å². The fourth-order valence-corrected chi connectivity index (χ4v) is 4.39. The summed E-state index contributed by atoms with van der Waals surface area (Å²) in [6.07, 6.45) is 0.890. The Morgan fingerprint density at radius 3 is 2.16 bits per heavy atom. The van der Waals surface area contributed by atoms with Crippen LogP contribution in [-0.4, -0.2) is 27.2 Å². The predicted molar refractivity (Wildman–Crippen MR) is 105 cm³/mol. The molecule has 0 aromatic heterocycles. The summed E-state index contributed by atoms with van der Waals surface area (Å²) in [6.45, 7) is 12.6. The van der Waals surface area contributed by atoms with Crippen LogP contribution < -0.4 is 0 Å². The highest BCUT2D eigenvalue weighted by Crippen LogP contribution is 2.47. The monoisotopic (exact) mass is 364 g/mol. The predicted octanol–water partition coefficient (Wildman–Crippen LogP) is 4.41. The van der Waals surface area contributed by atoms with Crippen molar-refractivity contribution in [2.45, 2.75) is 83.8 Å². The molecule has 1 aromatic carbocycles. The van der Waals surface area contributed by atoms with E-state index >= 15 is 0 Å². The fraction of sp³-hybridized carbons (Fsp3) is 0.667. The maximum Gasteiger partial charge on any atom is 0.185 e. The van der Waals surface area contributed by atoms with Crippen LogP contribution in [0.1, 0.15) is 82.2 Å². The van der Waals surface area contributed by atoms with Gasteiger partial charge in [-0.05, 0) is 59.3 Å². The molecule has 0 spiro atoms. The Morgan fingerprint density at radius 1 is 1.12 bits per heavy atom. The van der Waals surface area contributed by atoms with Gasteiger partial charge in [0.2, 0.25) is 0 Å². The molecule has 0 saturated heterocycles. The molecule has 2 N–H and O–H groups in total. The quantitative estimate of drug-likeness (QED) is 0.812. The van der Waals surface area contributed by atoms with Crippen LogP contribution >= 0.6 is 11.8 Å². The minimum atomic E-state index is -0.918. The third kappa shape index (κ3) is 4.47. The molecule has 1 aliphatic carbocycles. The number of hydrogen-bond acceptors (Lipinski definition) is 4. The third-order valence-electron chi connectivity index (χ3n) is 5.64. The molecule has 0 fully saturated rings. The Balaban J connectivity index is 2.32. The van der Waals surface area contributed by atoms with Crippen LogP contribution in [0.2, 0.25) is 0 Å². The smallest absolute Gasteiger partial charge is 0.185 e. The molecule has 1 aliphatic rings. The van der Waals surface area contributed by atoms with Gasteiger partial charge in [-0.25, -0.2) is 0 Å². The van der Waals surface area contributed by atoms with Gasteiger partial charge in [0.25, 0.3) is 0 Å². The van der Waals surface area contributed by atoms with Gasteiger partial charge in [-0.1, -0.05) is 51.6 Å². The number of thioether (sulfide) groups is 1. The van der Waals surface area contributed by atoms with E-state index in [4.69, 9.17) is 0 Å². The highest BCUT2D eigenvalue weighted by atomic mass is 32.2. The van der Waals surface area contributed by atoms with E-state index in [1.54, 1.807) is 0 Å². The number of benzene rings is 1. The molecule has 0 heterocycles. The molecule has 140 valence electrons. The first-order valence-corrected chi connectivity index (χ1v) is 10.1. The van der Waals surface area contributed by atoms with Gasteiger partial charge in [-0.3, -0.25) is 4.79 Å². The Labute approximate surface area is 156 Å². The maximum absolute atomic E-state index is 11.0. The van der Waals surface area contributed by atoms with Gasteiger partial charge >= 0.3 is 0 Å². The van der Waals surface area contributed by atoms with Crippen LogP contribution in [0.25, 0.3) is 0 Å². The van der Waals surface area contributed by atoms with Gasteiger partial charge in [0.05, 0.1) is 6.10 Å². The van der Waals surface area contributed by atoms with Crippen molar-refractivity contribution >= 4 is 16.9 Å². The van der Waals surface area contributed by atoms with E-state index in [2.05, 4.69) is 39.8 Å². The van der Waals surface area contributed by atoms with Crippen molar-refractivity contribution in [2.75, 3.05) is 5.75 Å². The molecule has 1 aromatic rings. The van der Waals surface area contributed by atoms with Crippen LogP contribution in [0.15, 0.2) is 12.1 Å². The normalized spacial score (nSPS) is 20.6. The molecule has 0 bridgehead atoms. The van der Waals surface area contributed by atoms with Crippen molar-refractivity contribution in [3.8, 4) is 0 Å². The van der Waals surface area contributed by atoms with Gasteiger partial charge in [-0.15, -0.1) is 0 Å². The summed E-state index contributed by atoms with van der Waals surface area (Å²) in [4.78, 5) is 11.0. The zero-order valence-electron chi connectivity index (χ0n) is 16.3. The first kappa shape index (κ1) is 20.5. The summed E-state index contributed by atoms with van der Waals surface area (Å²) in [6, 6.07) is 4.31. The number of hydrogen-bond donors (Lipinski definition) is 2. The minimum absolute atomic E-state index is 0.0376. The molecule has 2 rings (SSSR count). The zero-order chi connectivity index (χ0) is 19.0.